The number of unbranched alkanes of at least 4 members (excludes halogenated alkanes) is 3. The molecule has 0 spiro atoms. The predicted molar refractivity (Wildman–Crippen MR) is 138 cm³/mol. The maximum Gasteiger partial charge on any atom is 0.0249 e. The molecule has 0 nitrogen and oxygen atoms in total. The van der Waals surface area contributed by atoms with E-state index in [1.807, 2.05) is 6.08 Å². The zero-order valence-electron chi connectivity index (χ0n) is 19.5. The Labute approximate surface area is 190 Å². The van der Waals surface area contributed by atoms with Crippen LogP contribution in [0.3, 0.4) is 0 Å². The summed E-state index contributed by atoms with van der Waals surface area (Å²) < 4.78 is 0. The predicted octanol–water partition coefficient (Wildman–Crippen LogP) is 8.47. The van der Waals surface area contributed by atoms with Crippen molar-refractivity contribution in [1.82, 2.24) is 0 Å². The van der Waals surface area contributed by atoms with Crippen molar-refractivity contribution in [1.29, 1.82) is 0 Å². The van der Waals surface area contributed by atoms with Gasteiger partial charge in [0.1, 0.15) is 0 Å². The lowest BCUT2D eigenvalue weighted by Crippen LogP contribution is -2.02. The third-order valence-electron chi connectivity index (χ3n) is 5.39. The average Bonchev–Trinajstić information content (AvgIpc) is 2.79. The third kappa shape index (κ3) is 8.36. The minimum Gasteiger partial charge on any atom is -0.0985 e. The van der Waals surface area contributed by atoms with Crippen molar-refractivity contribution in [2.75, 3.05) is 0 Å². The van der Waals surface area contributed by atoms with E-state index in [0.717, 1.165) is 24.8 Å². The molecule has 2 rings (SSSR count). The molecular weight excluding hydrogens is 372 g/mol. The van der Waals surface area contributed by atoms with Gasteiger partial charge in [-0.1, -0.05) is 107 Å². The van der Waals surface area contributed by atoms with Crippen LogP contribution in [0.4, 0.5) is 0 Å². The molecule has 0 heteroatoms. The SMILES string of the molecule is C=CC#Cc1ccc(-c2cccc(C[C@H](C)CCCCC)c2/C=C/C#CCCC)cc1. The first-order valence-electron chi connectivity index (χ1n) is 11.7. The molecule has 0 fully saturated rings. The van der Waals surface area contributed by atoms with E-state index in [1.54, 1.807) is 6.08 Å². The van der Waals surface area contributed by atoms with E-state index >= 15 is 0 Å². The molecule has 0 aromatic heterocycles. The van der Waals surface area contributed by atoms with E-state index in [2.05, 4.69) is 99.6 Å². The Hall–Kier alpha value is -2.96. The van der Waals surface area contributed by atoms with Crippen molar-refractivity contribution in [2.24, 2.45) is 5.92 Å². The Bertz CT molecular complexity index is 965. The van der Waals surface area contributed by atoms with E-state index in [0.29, 0.717) is 5.92 Å². The Morgan fingerprint density at radius 3 is 2.48 bits per heavy atom. The second-order valence-corrected chi connectivity index (χ2v) is 8.14. The molecule has 1 atom stereocenters. The van der Waals surface area contributed by atoms with Gasteiger partial charge in [-0.3, -0.25) is 0 Å². The standard InChI is InChI=1S/C31H36/c1-5-8-11-12-14-19-31-29(25-26(4)16-13-9-6-2)18-15-20-30(31)28-23-21-27(22-24-28)17-10-7-3/h7,14-15,18-24,26H,3,5-6,8-9,13,16,25H2,1-2,4H3/b19-14+/t26-/m1/s1. The maximum atomic E-state index is 3.66. The van der Waals surface area contributed by atoms with Crippen LogP contribution in [-0.4, -0.2) is 0 Å². The lowest BCUT2D eigenvalue weighted by atomic mass is 9.88. The molecule has 0 aliphatic heterocycles. The van der Waals surface area contributed by atoms with Gasteiger partial charge in [0, 0.05) is 12.0 Å². The van der Waals surface area contributed by atoms with Gasteiger partial charge >= 0.3 is 0 Å². The van der Waals surface area contributed by atoms with Gasteiger partial charge in [0.05, 0.1) is 0 Å². The van der Waals surface area contributed by atoms with E-state index < -0.39 is 0 Å². The van der Waals surface area contributed by atoms with Crippen LogP contribution in [-0.2, 0) is 6.42 Å². The molecule has 0 aliphatic rings. The van der Waals surface area contributed by atoms with Crippen molar-refractivity contribution in [3.63, 3.8) is 0 Å². The van der Waals surface area contributed by atoms with Gasteiger partial charge < -0.3 is 0 Å². The van der Waals surface area contributed by atoms with Gasteiger partial charge in [0.15, 0.2) is 0 Å². The Morgan fingerprint density at radius 2 is 1.77 bits per heavy atom. The van der Waals surface area contributed by atoms with E-state index in [-0.39, 0.29) is 0 Å². The second kappa shape index (κ2) is 14.1. The zero-order chi connectivity index (χ0) is 22.3. The first-order chi connectivity index (χ1) is 15.2. The molecule has 0 saturated heterocycles. The quantitative estimate of drug-likeness (QED) is 0.288. The minimum absolute atomic E-state index is 0.677. The number of rotatable bonds is 9. The summed E-state index contributed by atoms with van der Waals surface area (Å²) in [5.74, 6) is 13.1. The lowest BCUT2D eigenvalue weighted by Gasteiger charge is -2.16. The van der Waals surface area contributed by atoms with Gasteiger partial charge in [-0.2, -0.15) is 0 Å². The number of benzene rings is 2. The van der Waals surface area contributed by atoms with Crippen molar-refractivity contribution < 1.29 is 0 Å². The normalized spacial score (nSPS) is 11.3. The van der Waals surface area contributed by atoms with Gasteiger partial charge in [0.2, 0.25) is 0 Å². The lowest BCUT2D eigenvalue weighted by molar-refractivity contribution is 0.493. The summed E-state index contributed by atoms with van der Waals surface area (Å²) in [7, 11) is 0. The fraction of sp³-hybridized carbons (Fsp3) is 0.355. The maximum absolute atomic E-state index is 3.66. The van der Waals surface area contributed by atoms with Crippen LogP contribution < -0.4 is 0 Å². The summed E-state index contributed by atoms with van der Waals surface area (Å²) in [6.45, 7) is 10.5. The van der Waals surface area contributed by atoms with Gasteiger partial charge in [-0.15, -0.1) is 0 Å². The summed E-state index contributed by atoms with van der Waals surface area (Å²) in [4.78, 5) is 0. The highest BCUT2D eigenvalue weighted by molar-refractivity contribution is 5.78. The monoisotopic (exact) mass is 408 g/mol. The van der Waals surface area contributed by atoms with Crippen LogP contribution in [0, 0.1) is 29.6 Å². The molecule has 0 bridgehead atoms. The third-order valence-corrected chi connectivity index (χ3v) is 5.39. The van der Waals surface area contributed by atoms with E-state index in [9.17, 15) is 0 Å². The Morgan fingerprint density at radius 1 is 0.968 bits per heavy atom. The van der Waals surface area contributed by atoms with Gasteiger partial charge in [0.25, 0.3) is 0 Å². The molecule has 2 aromatic rings. The highest BCUT2D eigenvalue weighted by atomic mass is 14.2. The molecule has 0 unspecified atom stereocenters. The van der Waals surface area contributed by atoms with Crippen LogP contribution in [0.1, 0.15) is 76.0 Å². The molecule has 31 heavy (non-hydrogen) atoms. The highest BCUT2D eigenvalue weighted by Crippen LogP contribution is 2.30. The van der Waals surface area contributed by atoms with Crippen LogP contribution in [0.25, 0.3) is 17.2 Å². The molecule has 0 aliphatic carbocycles. The zero-order valence-corrected chi connectivity index (χ0v) is 19.5. The molecule has 0 heterocycles. The summed E-state index contributed by atoms with van der Waals surface area (Å²) in [5, 5.41) is 0. The topological polar surface area (TPSA) is 0 Å². The number of hydrogen-bond acceptors (Lipinski definition) is 0. The Balaban J connectivity index is 2.37. The highest BCUT2D eigenvalue weighted by Gasteiger charge is 2.11. The van der Waals surface area contributed by atoms with Crippen molar-refractivity contribution >= 4 is 6.08 Å². The largest absolute Gasteiger partial charge is 0.0985 e. The molecule has 0 N–H and O–H groups in total. The second-order valence-electron chi connectivity index (χ2n) is 8.14. The van der Waals surface area contributed by atoms with Crippen molar-refractivity contribution in [2.45, 2.75) is 65.7 Å². The summed E-state index contributed by atoms with van der Waals surface area (Å²) in [6.07, 6.45) is 14.2. The van der Waals surface area contributed by atoms with E-state index in [1.165, 1.54) is 47.9 Å². The Kier molecular flexibility index (Phi) is 11.1. The van der Waals surface area contributed by atoms with Crippen LogP contribution >= 0.6 is 0 Å². The van der Waals surface area contributed by atoms with Crippen LogP contribution in [0.5, 0.6) is 0 Å². The van der Waals surface area contributed by atoms with Gasteiger partial charge in [-0.25, -0.2) is 0 Å². The fourth-order valence-electron chi connectivity index (χ4n) is 3.71. The average molecular weight is 409 g/mol. The summed E-state index contributed by atoms with van der Waals surface area (Å²) in [6, 6.07) is 15.2. The minimum atomic E-state index is 0.677. The molecule has 160 valence electrons. The van der Waals surface area contributed by atoms with Crippen molar-refractivity contribution in [3.05, 3.63) is 77.9 Å². The smallest absolute Gasteiger partial charge is 0.0249 e. The fourth-order valence-corrected chi connectivity index (χ4v) is 3.71. The summed E-state index contributed by atoms with van der Waals surface area (Å²) in [5.41, 5.74) is 6.18. The molecule has 0 amide bonds. The number of allylic oxidation sites excluding steroid dienone is 2. The summed E-state index contributed by atoms with van der Waals surface area (Å²) >= 11 is 0. The van der Waals surface area contributed by atoms with Crippen molar-refractivity contribution in [3.8, 4) is 34.8 Å². The first kappa shape index (κ1) is 24.3. The first-order valence-corrected chi connectivity index (χ1v) is 11.7. The van der Waals surface area contributed by atoms with Crippen LogP contribution in [0.2, 0.25) is 0 Å². The molecule has 0 saturated carbocycles. The molecule has 2 aromatic carbocycles. The van der Waals surface area contributed by atoms with E-state index in [4.69, 9.17) is 0 Å². The molecule has 0 radical (unpaired) electrons. The van der Waals surface area contributed by atoms with Gasteiger partial charge in [-0.05, 0) is 71.4 Å². The number of hydrogen-bond donors (Lipinski definition) is 0. The molecular formula is C31H36. The van der Waals surface area contributed by atoms with Crippen LogP contribution in [0.15, 0.2) is 61.2 Å².